The summed E-state index contributed by atoms with van der Waals surface area (Å²) in [5.41, 5.74) is 0. The zero-order valence-corrected chi connectivity index (χ0v) is 10.5. The van der Waals surface area contributed by atoms with Crippen LogP contribution < -0.4 is 0 Å². The van der Waals surface area contributed by atoms with Gasteiger partial charge in [0.2, 0.25) is 0 Å². The Bertz CT molecular complexity index is 539. The van der Waals surface area contributed by atoms with Crippen molar-refractivity contribution in [3.05, 3.63) is 5.82 Å². The van der Waals surface area contributed by atoms with Gasteiger partial charge >= 0.3 is 5.97 Å². The van der Waals surface area contributed by atoms with Crippen molar-refractivity contribution in [3.8, 4) is 0 Å². The third kappa shape index (κ3) is 2.66. The first-order chi connectivity index (χ1) is 8.50. The van der Waals surface area contributed by atoms with Crippen molar-refractivity contribution in [3.63, 3.8) is 0 Å². The predicted molar refractivity (Wildman–Crippen MR) is 60.4 cm³/mol. The molecule has 1 aliphatic rings. The molecule has 1 atom stereocenters. The van der Waals surface area contributed by atoms with Crippen molar-refractivity contribution in [1.82, 2.24) is 20.2 Å². The molecule has 1 N–H and O–H groups in total. The molecule has 0 aromatic carbocycles. The molecule has 1 saturated heterocycles. The van der Waals surface area contributed by atoms with E-state index in [1.165, 1.54) is 4.68 Å². The molecule has 0 bridgehead atoms. The average molecular weight is 274 g/mol. The van der Waals surface area contributed by atoms with E-state index in [2.05, 4.69) is 15.5 Å². The smallest absolute Gasteiger partial charge is 0.305 e. The number of tetrazole rings is 1. The topological polar surface area (TPSA) is 115 Å². The van der Waals surface area contributed by atoms with Gasteiger partial charge in [-0.05, 0) is 23.3 Å². The number of carbonyl (C=O) groups is 1. The summed E-state index contributed by atoms with van der Waals surface area (Å²) in [5, 5.41) is 18.8. The highest BCUT2D eigenvalue weighted by Crippen LogP contribution is 2.31. The van der Waals surface area contributed by atoms with E-state index in [-0.39, 0.29) is 24.5 Å². The predicted octanol–water partition coefficient (Wildman–Crippen LogP) is -0.212. The minimum absolute atomic E-state index is 0.0870. The van der Waals surface area contributed by atoms with Crippen molar-refractivity contribution < 1.29 is 18.3 Å². The summed E-state index contributed by atoms with van der Waals surface area (Å²) >= 11 is 0. The van der Waals surface area contributed by atoms with Crippen LogP contribution >= 0.6 is 0 Å². The van der Waals surface area contributed by atoms with Crippen LogP contribution in [0.5, 0.6) is 0 Å². The van der Waals surface area contributed by atoms with Crippen LogP contribution in [0.25, 0.3) is 0 Å². The van der Waals surface area contributed by atoms with Gasteiger partial charge in [-0.3, -0.25) is 4.79 Å². The van der Waals surface area contributed by atoms with Gasteiger partial charge in [0.15, 0.2) is 15.7 Å². The van der Waals surface area contributed by atoms with Gasteiger partial charge < -0.3 is 5.11 Å². The maximum absolute atomic E-state index is 11.9. The van der Waals surface area contributed by atoms with Crippen LogP contribution in [-0.2, 0) is 21.2 Å². The number of hydrogen-bond donors (Lipinski definition) is 1. The molecular weight excluding hydrogens is 260 g/mol. The van der Waals surface area contributed by atoms with Gasteiger partial charge in [-0.1, -0.05) is 6.42 Å². The largest absolute Gasteiger partial charge is 0.481 e. The minimum atomic E-state index is -3.22. The van der Waals surface area contributed by atoms with Gasteiger partial charge in [-0.2, -0.15) is 0 Å². The molecule has 100 valence electrons. The summed E-state index contributed by atoms with van der Waals surface area (Å²) in [5.74, 6) is -0.567. The van der Waals surface area contributed by atoms with Crippen molar-refractivity contribution >= 4 is 15.8 Å². The molecule has 1 aromatic rings. The Morgan fingerprint density at radius 2 is 2.22 bits per heavy atom. The van der Waals surface area contributed by atoms with Crippen molar-refractivity contribution in [2.24, 2.45) is 0 Å². The van der Waals surface area contributed by atoms with Gasteiger partial charge in [-0.15, -0.1) is 5.10 Å². The number of hydrogen-bond acceptors (Lipinski definition) is 6. The fourth-order valence-electron chi connectivity index (χ4n) is 2.05. The molecular formula is C9H14N4O4S. The maximum Gasteiger partial charge on any atom is 0.305 e. The fourth-order valence-corrected chi connectivity index (χ4v) is 3.95. The first kappa shape index (κ1) is 12.9. The molecule has 0 amide bonds. The number of carboxylic acid groups (broad SMARTS) is 1. The van der Waals surface area contributed by atoms with E-state index in [4.69, 9.17) is 5.11 Å². The van der Waals surface area contributed by atoms with E-state index in [9.17, 15) is 13.2 Å². The fraction of sp³-hybridized carbons (Fsp3) is 0.778. The molecule has 1 aromatic heterocycles. The minimum Gasteiger partial charge on any atom is -0.481 e. The molecule has 2 rings (SSSR count). The standard InChI is InChI=1S/C9H14N4O4S/c14-8(15)4-5-13-9(10-11-12-13)7-3-1-2-6-18(7,16)17/h7H,1-6H2,(H,14,15). The Balaban J connectivity index is 2.22. The summed E-state index contributed by atoms with van der Waals surface area (Å²) in [6.45, 7) is 0.0870. The van der Waals surface area contributed by atoms with Crippen LogP contribution in [0.2, 0.25) is 0 Å². The zero-order valence-electron chi connectivity index (χ0n) is 9.69. The van der Waals surface area contributed by atoms with Crippen LogP contribution in [0, 0.1) is 0 Å². The monoisotopic (exact) mass is 274 g/mol. The molecule has 0 spiro atoms. The summed E-state index contributed by atoms with van der Waals surface area (Å²) in [7, 11) is -3.22. The van der Waals surface area contributed by atoms with Crippen LogP contribution in [0.3, 0.4) is 0 Å². The second-order valence-electron chi connectivity index (χ2n) is 4.26. The second-order valence-corrected chi connectivity index (χ2v) is 6.56. The van der Waals surface area contributed by atoms with E-state index in [1.807, 2.05) is 0 Å². The molecule has 18 heavy (non-hydrogen) atoms. The first-order valence-electron chi connectivity index (χ1n) is 5.70. The van der Waals surface area contributed by atoms with Gasteiger partial charge in [-0.25, -0.2) is 13.1 Å². The highest BCUT2D eigenvalue weighted by Gasteiger charge is 2.34. The third-order valence-electron chi connectivity index (χ3n) is 2.96. The molecule has 8 nitrogen and oxygen atoms in total. The van der Waals surface area contributed by atoms with Crippen molar-refractivity contribution in [2.75, 3.05) is 5.75 Å². The SMILES string of the molecule is O=C(O)CCn1nnnc1C1CCCCS1(=O)=O. The van der Waals surface area contributed by atoms with Crippen LogP contribution in [0.15, 0.2) is 0 Å². The average Bonchev–Trinajstić information content (AvgIpc) is 2.73. The molecule has 1 unspecified atom stereocenters. The van der Waals surface area contributed by atoms with Crippen molar-refractivity contribution in [1.29, 1.82) is 0 Å². The normalized spacial score (nSPS) is 22.8. The number of sulfone groups is 1. The van der Waals surface area contributed by atoms with Gasteiger partial charge in [0.05, 0.1) is 18.7 Å². The van der Waals surface area contributed by atoms with Crippen molar-refractivity contribution in [2.45, 2.75) is 37.5 Å². The number of rotatable bonds is 4. The van der Waals surface area contributed by atoms with E-state index in [0.29, 0.717) is 12.8 Å². The van der Waals surface area contributed by atoms with Crippen LogP contribution in [-0.4, -0.2) is 45.5 Å². The number of aryl methyl sites for hydroxylation is 1. The first-order valence-corrected chi connectivity index (χ1v) is 7.41. The van der Waals surface area contributed by atoms with E-state index in [1.54, 1.807) is 0 Å². The lowest BCUT2D eigenvalue weighted by Gasteiger charge is -2.21. The molecule has 0 radical (unpaired) electrons. The number of aliphatic carboxylic acids is 1. The number of nitrogens with zero attached hydrogens (tertiary/aromatic N) is 4. The van der Waals surface area contributed by atoms with Gasteiger partial charge in [0, 0.05) is 0 Å². The summed E-state index contributed by atoms with van der Waals surface area (Å²) in [6, 6.07) is 0. The molecule has 1 fully saturated rings. The molecule has 1 aliphatic heterocycles. The summed E-state index contributed by atoms with van der Waals surface area (Å²) in [6.07, 6.45) is 1.84. The molecule has 2 heterocycles. The van der Waals surface area contributed by atoms with Gasteiger partial charge in [0.1, 0.15) is 5.25 Å². The summed E-state index contributed by atoms with van der Waals surface area (Å²) < 4.78 is 25.2. The Kier molecular flexibility index (Phi) is 3.60. The lowest BCUT2D eigenvalue weighted by molar-refractivity contribution is -0.137. The second kappa shape index (κ2) is 5.01. The summed E-state index contributed by atoms with van der Waals surface area (Å²) in [4.78, 5) is 10.5. The Hall–Kier alpha value is -1.51. The van der Waals surface area contributed by atoms with E-state index < -0.39 is 21.1 Å². The maximum atomic E-state index is 11.9. The van der Waals surface area contributed by atoms with Gasteiger partial charge in [0.25, 0.3) is 0 Å². The number of carboxylic acids is 1. The quantitative estimate of drug-likeness (QED) is 0.807. The van der Waals surface area contributed by atoms with Crippen LogP contribution in [0.4, 0.5) is 0 Å². The van der Waals surface area contributed by atoms with E-state index in [0.717, 1.165) is 6.42 Å². The Labute approximate surface area is 104 Å². The molecule has 9 heteroatoms. The lowest BCUT2D eigenvalue weighted by atomic mass is 10.2. The Morgan fingerprint density at radius 3 is 2.89 bits per heavy atom. The highest BCUT2D eigenvalue weighted by molar-refractivity contribution is 7.91. The zero-order chi connectivity index (χ0) is 13.2. The molecule has 0 aliphatic carbocycles. The van der Waals surface area contributed by atoms with E-state index >= 15 is 0 Å². The van der Waals surface area contributed by atoms with Crippen LogP contribution in [0.1, 0.15) is 36.8 Å². The Morgan fingerprint density at radius 1 is 1.44 bits per heavy atom. The number of aromatic nitrogens is 4. The highest BCUT2D eigenvalue weighted by atomic mass is 32.2. The third-order valence-corrected chi connectivity index (χ3v) is 5.13. The molecule has 0 saturated carbocycles. The lowest BCUT2D eigenvalue weighted by Crippen LogP contribution is -2.25.